The van der Waals surface area contributed by atoms with Gasteiger partial charge in [-0.25, -0.2) is 0 Å². The van der Waals surface area contributed by atoms with Crippen LogP contribution in [0.25, 0.3) is 10.8 Å². The van der Waals surface area contributed by atoms with Crippen LogP contribution in [0, 0.1) is 0 Å². The van der Waals surface area contributed by atoms with Gasteiger partial charge in [0, 0.05) is 9.86 Å². The van der Waals surface area contributed by atoms with Crippen LogP contribution in [0.1, 0.15) is 0 Å². The molecule has 14 heavy (non-hydrogen) atoms. The van der Waals surface area contributed by atoms with Crippen molar-refractivity contribution in [2.75, 3.05) is 0 Å². The lowest BCUT2D eigenvalue weighted by atomic mass is 10.1. The van der Waals surface area contributed by atoms with E-state index in [0.29, 0.717) is 0 Å². The lowest BCUT2D eigenvalue weighted by Crippen LogP contribution is -1.74. The standard InChI is InChI=1S/C11H6BrNS/c12-9-5-1-3-8-4-2-6-10(11(8)9)13-7-14/h1-6H. The van der Waals surface area contributed by atoms with E-state index in [1.54, 1.807) is 0 Å². The molecule has 0 saturated heterocycles. The molecule has 0 unspecified atom stereocenters. The van der Waals surface area contributed by atoms with Crippen molar-refractivity contribution in [2.24, 2.45) is 4.99 Å². The van der Waals surface area contributed by atoms with Crippen LogP contribution in [-0.4, -0.2) is 5.16 Å². The Bertz CT molecular complexity index is 525. The molecule has 0 bridgehead atoms. The van der Waals surface area contributed by atoms with Gasteiger partial charge < -0.3 is 0 Å². The maximum absolute atomic E-state index is 4.61. The molecule has 0 atom stereocenters. The highest BCUT2D eigenvalue weighted by molar-refractivity contribution is 9.10. The molecule has 2 rings (SSSR count). The number of nitrogens with zero attached hydrogens (tertiary/aromatic N) is 1. The Labute approximate surface area is 95.6 Å². The summed E-state index contributed by atoms with van der Waals surface area (Å²) >= 11 is 8.10. The number of benzene rings is 2. The normalized spacial score (nSPS) is 9.79. The van der Waals surface area contributed by atoms with Gasteiger partial charge in [0.1, 0.15) is 0 Å². The number of aliphatic imine (C=N–C) groups is 1. The molecule has 0 amide bonds. The number of hydrogen-bond acceptors (Lipinski definition) is 2. The summed E-state index contributed by atoms with van der Waals surface area (Å²) in [6, 6.07) is 12.0. The summed E-state index contributed by atoms with van der Waals surface area (Å²) < 4.78 is 1.03. The van der Waals surface area contributed by atoms with Crippen LogP contribution in [0.15, 0.2) is 45.9 Å². The molecule has 0 fully saturated rings. The zero-order chi connectivity index (χ0) is 9.97. The third-order valence-corrected chi connectivity index (χ3v) is 2.75. The van der Waals surface area contributed by atoms with E-state index < -0.39 is 0 Å². The number of rotatable bonds is 1. The van der Waals surface area contributed by atoms with Gasteiger partial charge in [-0.3, -0.25) is 0 Å². The van der Waals surface area contributed by atoms with Gasteiger partial charge in [-0.2, -0.15) is 4.99 Å². The Morgan fingerprint density at radius 3 is 2.57 bits per heavy atom. The van der Waals surface area contributed by atoms with Gasteiger partial charge in [0.05, 0.1) is 10.8 Å². The quantitative estimate of drug-likeness (QED) is 0.551. The van der Waals surface area contributed by atoms with E-state index in [4.69, 9.17) is 0 Å². The highest BCUT2D eigenvalue weighted by Crippen LogP contribution is 2.31. The van der Waals surface area contributed by atoms with Gasteiger partial charge in [-0.05, 0) is 29.7 Å². The molecule has 0 saturated carbocycles. The first-order valence-corrected chi connectivity index (χ1v) is 5.28. The lowest BCUT2D eigenvalue weighted by molar-refractivity contribution is 1.58. The lowest BCUT2D eigenvalue weighted by Gasteiger charge is -2.02. The number of isothiocyanates is 1. The Hall–Kier alpha value is -1.02. The second kappa shape index (κ2) is 4.01. The van der Waals surface area contributed by atoms with Crippen LogP contribution in [0.5, 0.6) is 0 Å². The predicted octanol–water partition coefficient (Wildman–Crippen LogP) is 4.34. The second-order valence-electron chi connectivity index (χ2n) is 2.82. The molecule has 3 heteroatoms. The molecule has 68 valence electrons. The molecule has 0 aliphatic heterocycles. The summed E-state index contributed by atoms with van der Waals surface area (Å²) in [4.78, 5) is 4.03. The number of fused-ring (bicyclic) bond motifs is 1. The zero-order valence-electron chi connectivity index (χ0n) is 7.20. The molecule has 2 aromatic carbocycles. The van der Waals surface area contributed by atoms with Crippen LogP contribution in [0.3, 0.4) is 0 Å². The SMILES string of the molecule is S=C=Nc1cccc2cccc(Br)c12. The average molecular weight is 264 g/mol. The molecule has 1 nitrogen and oxygen atoms in total. The predicted molar refractivity (Wildman–Crippen MR) is 66.3 cm³/mol. The summed E-state index contributed by atoms with van der Waals surface area (Å²) in [7, 11) is 0. The molecule has 0 spiro atoms. The van der Waals surface area contributed by atoms with Crippen LogP contribution >= 0.6 is 28.1 Å². The first-order valence-electron chi connectivity index (χ1n) is 4.08. The van der Waals surface area contributed by atoms with Crippen molar-refractivity contribution in [1.29, 1.82) is 0 Å². The Morgan fingerprint density at radius 1 is 1.14 bits per heavy atom. The smallest absolute Gasteiger partial charge is 0.0829 e. The van der Waals surface area contributed by atoms with E-state index in [-0.39, 0.29) is 0 Å². The summed E-state index contributed by atoms with van der Waals surface area (Å²) in [5, 5.41) is 4.61. The van der Waals surface area contributed by atoms with Crippen LogP contribution in [0.2, 0.25) is 0 Å². The largest absolute Gasteiger partial charge is 0.194 e. The maximum Gasteiger partial charge on any atom is 0.0829 e. The Balaban J connectivity index is 2.90. The highest BCUT2D eigenvalue weighted by Gasteiger charge is 2.02. The minimum absolute atomic E-state index is 0.852. The van der Waals surface area contributed by atoms with Gasteiger partial charge >= 0.3 is 0 Å². The summed E-state index contributed by atoms with van der Waals surface area (Å²) in [5.41, 5.74) is 0.852. The molecule has 0 heterocycles. The first-order chi connectivity index (χ1) is 6.83. The zero-order valence-corrected chi connectivity index (χ0v) is 9.60. The fourth-order valence-corrected chi connectivity index (χ4v) is 2.10. The third kappa shape index (κ3) is 1.62. The van der Waals surface area contributed by atoms with Crippen molar-refractivity contribution in [1.82, 2.24) is 0 Å². The van der Waals surface area contributed by atoms with Crippen molar-refractivity contribution in [2.45, 2.75) is 0 Å². The van der Waals surface area contributed by atoms with E-state index in [0.717, 1.165) is 20.9 Å². The molecule has 0 aromatic heterocycles. The highest BCUT2D eigenvalue weighted by atomic mass is 79.9. The molecule has 0 N–H and O–H groups in total. The number of hydrogen-bond donors (Lipinski definition) is 0. The molecule has 2 aromatic rings. The summed E-state index contributed by atoms with van der Waals surface area (Å²) in [6.45, 7) is 0. The van der Waals surface area contributed by atoms with Gasteiger partial charge in [-0.15, -0.1) is 0 Å². The molecule has 0 aliphatic rings. The third-order valence-electron chi connectivity index (χ3n) is 2.00. The number of thiocarbonyl (C=S) groups is 1. The van der Waals surface area contributed by atoms with Crippen molar-refractivity contribution in [3.63, 3.8) is 0 Å². The first kappa shape index (κ1) is 9.53. The minimum Gasteiger partial charge on any atom is -0.194 e. The average Bonchev–Trinajstić information content (AvgIpc) is 2.19. The van der Waals surface area contributed by atoms with E-state index in [9.17, 15) is 0 Å². The van der Waals surface area contributed by atoms with Crippen LogP contribution < -0.4 is 0 Å². The molecular formula is C11H6BrNS. The van der Waals surface area contributed by atoms with E-state index in [2.05, 4.69) is 38.3 Å². The van der Waals surface area contributed by atoms with Crippen molar-refractivity contribution >= 4 is 49.8 Å². The van der Waals surface area contributed by atoms with Crippen LogP contribution in [0.4, 0.5) is 5.69 Å². The topological polar surface area (TPSA) is 12.4 Å². The Kier molecular flexibility index (Phi) is 2.73. The number of halogens is 1. The minimum atomic E-state index is 0.852. The Morgan fingerprint density at radius 2 is 1.86 bits per heavy atom. The fourth-order valence-electron chi connectivity index (χ4n) is 1.42. The van der Waals surface area contributed by atoms with Crippen molar-refractivity contribution < 1.29 is 0 Å². The van der Waals surface area contributed by atoms with Gasteiger partial charge in [-0.1, -0.05) is 40.2 Å². The van der Waals surface area contributed by atoms with Gasteiger partial charge in [0.15, 0.2) is 0 Å². The maximum atomic E-state index is 4.61. The fraction of sp³-hybridized carbons (Fsp3) is 0. The summed E-state index contributed by atoms with van der Waals surface area (Å²) in [6.07, 6.45) is 0. The molecule has 0 aliphatic carbocycles. The van der Waals surface area contributed by atoms with Gasteiger partial charge in [0.2, 0.25) is 0 Å². The molecule has 0 radical (unpaired) electrons. The van der Waals surface area contributed by atoms with Crippen LogP contribution in [-0.2, 0) is 0 Å². The van der Waals surface area contributed by atoms with Gasteiger partial charge in [0.25, 0.3) is 0 Å². The second-order valence-corrected chi connectivity index (χ2v) is 3.86. The summed E-state index contributed by atoms with van der Waals surface area (Å²) in [5.74, 6) is 0. The van der Waals surface area contributed by atoms with Crippen molar-refractivity contribution in [3.05, 3.63) is 40.9 Å². The monoisotopic (exact) mass is 263 g/mol. The van der Waals surface area contributed by atoms with Crippen molar-refractivity contribution in [3.8, 4) is 0 Å². The van der Waals surface area contributed by atoms with E-state index in [1.165, 1.54) is 0 Å². The van der Waals surface area contributed by atoms with E-state index >= 15 is 0 Å². The molecular weight excluding hydrogens is 258 g/mol. The van der Waals surface area contributed by atoms with E-state index in [1.807, 2.05) is 36.4 Å².